The van der Waals surface area contributed by atoms with Crippen LogP contribution in [0.5, 0.6) is 0 Å². The van der Waals surface area contributed by atoms with Crippen molar-refractivity contribution < 1.29 is 23.5 Å². The topological polar surface area (TPSA) is 102 Å². The molecule has 2 aromatic rings. The lowest BCUT2D eigenvalue weighted by atomic mass is 10.2. The van der Waals surface area contributed by atoms with Gasteiger partial charge in [0.25, 0.3) is 5.91 Å². The summed E-state index contributed by atoms with van der Waals surface area (Å²) in [6.45, 7) is 0. The summed E-state index contributed by atoms with van der Waals surface area (Å²) in [5, 5.41) is 8.16. The molecule has 2 rings (SSSR count). The van der Waals surface area contributed by atoms with Crippen LogP contribution in [0, 0.1) is 5.82 Å². The number of hydrogen-bond acceptors (Lipinski definition) is 5. The monoisotopic (exact) mass is 398 g/mol. The smallest absolute Gasteiger partial charge is 0.358 e. The van der Waals surface area contributed by atoms with Crippen LogP contribution in [0.15, 0.2) is 28.7 Å². The maximum absolute atomic E-state index is 13.7. The quantitative estimate of drug-likeness (QED) is 0.770. The first kappa shape index (κ1) is 17.6. The number of urea groups is 1. The van der Waals surface area contributed by atoms with Crippen molar-refractivity contribution in [2.45, 2.75) is 0 Å². The summed E-state index contributed by atoms with van der Waals surface area (Å²) in [5.74, 6) is -2.21. The Kier molecular flexibility index (Phi) is 5.29. The third-order valence-electron chi connectivity index (χ3n) is 2.92. The van der Waals surface area contributed by atoms with Gasteiger partial charge >= 0.3 is 12.0 Å². The Balaban J connectivity index is 2.07. The van der Waals surface area contributed by atoms with E-state index in [1.807, 2.05) is 5.32 Å². The van der Waals surface area contributed by atoms with Gasteiger partial charge in [-0.1, -0.05) is 15.9 Å². The second-order valence-electron chi connectivity index (χ2n) is 4.56. The van der Waals surface area contributed by atoms with Crippen molar-refractivity contribution in [3.63, 3.8) is 0 Å². The van der Waals surface area contributed by atoms with Crippen LogP contribution in [0.1, 0.15) is 20.8 Å². The van der Waals surface area contributed by atoms with Crippen LogP contribution in [0.2, 0.25) is 0 Å². The van der Waals surface area contributed by atoms with E-state index in [0.29, 0.717) is 4.47 Å². The number of halogens is 2. The Morgan fingerprint density at radius 1 is 1.29 bits per heavy atom. The van der Waals surface area contributed by atoms with Crippen LogP contribution in [0.3, 0.4) is 0 Å². The first-order valence-electron chi connectivity index (χ1n) is 6.51. The molecule has 1 aromatic carbocycles. The molecule has 0 aliphatic rings. The molecule has 0 unspecified atom stereocenters. The first-order valence-corrected chi connectivity index (χ1v) is 7.31. The van der Waals surface area contributed by atoms with E-state index in [2.05, 4.69) is 31.1 Å². The minimum Gasteiger partial charge on any atom is -0.464 e. The number of carbonyl (C=O) groups excluding carboxylic acids is 3. The highest BCUT2D eigenvalue weighted by molar-refractivity contribution is 9.10. The van der Waals surface area contributed by atoms with Gasteiger partial charge in [0, 0.05) is 17.6 Å². The molecule has 126 valence electrons. The summed E-state index contributed by atoms with van der Waals surface area (Å²) in [7, 11) is 2.68. The van der Waals surface area contributed by atoms with Gasteiger partial charge in [0.05, 0.1) is 12.7 Å². The van der Waals surface area contributed by atoms with E-state index in [9.17, 15) is 18.8 Å². The summed E-state index contributed by atoms with van der Waals surface area (Å²) in [6.07, 6.45) is 0. The van der Waals surface area contributed by atoms with Crippen molar-refractivity contribution in [2.24, 2.45) is 7.05 Å². The molecule has 0 atom stereocenters. The number of hydrogen-bond donors (Lipinski definition) is 2. The highest BCUT2D eigenvalue weighted by atomic mass is 79.9. The second kappa shape index (κ2) is 7.21. The van der Waals surface area contributed by atoms with Crippen LogP contribution >= 0.6 is 15.9 Å². The first-order chi connectivity index (χ1) is 11.3. The standard InChI is InChI=1S/C14H12BrFN4O4/c1-20-11(6-10(19-20)13(22)24-2)17-14(23)18-12(21)8-4-3-7(15)5-9(8)16/h3-6H,1-2H3,(H2,17,18,21,23). The molecular formula is C14H12BrFN4O4. The van der Waals surface area contributed by atoms with Crippen LogP contribution < -0.4 is 10.6 Å². The molecule has 1 aromatic heterocycles. The van der Waals surface area contributed by atoms with Crippen molar-refractivity contribution in [2.75, 3.05) is 12.4 Å². The Morgan fingerprint density at radius 2 is 2.00 bits per heavy atom. The number of rotatable bonds is 3. The van der Waals surface area contributed by atoms with Gasteiger partial charge in [0.2, 0.25) is 0 Å². The van der Waals surface area contributed by atoms with E-state index in [-0.39, 0.29) is 17.1 Å². The van der Waals surface area contributed by atoms with E-state index < -0.39 is 23.7 Å². The Morgan fingerprint density at radius 3 is 2.62 bits per heavy atom. The molecule has 1 heterocycles. The largest absolute Gasteiger partial charge is 0.464 e. The SMILES string of the molecule is COC(=O)c1cc(NC(=O)NC(=O)c2ccc(Br)cc2F)n(C)n1. The van der Waals surface area contributed by atoms with Crippen LogP contribution in [0.4, 0.5) is 15.0 Å². The number of ether oxygens (including phenoxy) is 1. The molecule has 0 aliphatic carbocycles. The van der Waals surface area contributed by atoms with Crippen molar-refractivity contribution in [1.82, 2.24) is 15.1 Å². The molecule has 0 fully saturated rings. The van der Waals surface area contributed by atoms with Gasteiger partial charge in [0.1, 0.15) is 11.6 Å². The predicted molar refractivity (Wildman–Crippen MR) is 85.1 cm³/mol. The third-order valence-corrected chi connectivity index (χ3v) is 3.41. The summed E-state index contributed by atoms with van der Waals surface area (Å²) in [6, 6.07) is 4.19. The molecule has 0 spiro atoms. The van der Waals surface area contributed by atoms with E-state index in [0.717, 1.165) is 6.07 Å². The minimum absolute atomic E-state index is 0.0134. The maximum atomic E-state index is 13.7. The molecule has 10 heteroatoms. The van der Waals surface area contributed by atoms with Crippen LogP contribution in [0.25, 0.3) is 0 Å². The maximum Gasteiger partial charge on any atom is 0.358 e. The molecule has 3 amide bonds. The number of methoxy groups -OCH3 is 1. The summed E-state index contributed by atoms with van der Waals surface area (Å²) < 4.78 is 19.9. The fourth-order valence-electron chi connectivity index (χ4n) is 1.78. The van der Waals surface area contributed by atoms with E-state index in [1.165, 1.54) is 37.0 Å². The van der Waals surface area contributed by atoms with Gasteiger partial charge < -0.3 is 4.74 Å². The number of nitrogens with one attached hydrogen (secondary N) is 2. The highest BCUT2D eigenvalue weighted by Gasteiger charge is 2.18. The molecule has 0 bridgehead atoms. The number of anilines is 1. The summed E-state index contributed by atoms with van der Waals surface area (Å²) in [5.41, 5.74) is -0.297. The molecule has 0 aliphatic heterocycles. The summed E-state index contributed by atoms with van der Waals surface area (Å²) >= 11 is 3.07. The molecular weight excluding hydrogens is 387 g/mol. The van der Waals surface area contributed by atoms with Crippen LogP contribution in [-0.2, 0) is 11.8 Å². The lowest BCUT2D eigenvalue weighted by Gasteiger charge is -2.07. The minimum atomic E-state index is -0.909. The predicted octanol–water partition coefficient (Wildman–Crippen LogP) is 2.07. The number of aryl methyl sites for hydroxylation is 1. The molecule has 0 radical (unpaired) electrons. The normalized spacial score (nSPS) is 10.2. The second-order valence-corrected chi connectivity index (χ2v) is 5.48. The fourth-order valence-corrected chi connectivity index (χ4v) is 2.11. The van der Waals surface area contributed by atoms with Gasteiger partial charge in [-0.05, 0) is 18.2 Å². The Hall–Kier alpha value is -2.75. The van der Waals surface area contributed by atoms with Gasteiger partial charge in [-0.2, -0.15) is 5.10 Å². The number of carbonyl (C=O) groups is 3. The fraction of sp³-hybridized carbons (Fsp3) is 0.143. The molecule has 24 heavy (non-hydrogen) atoms. The lowest BCUT2D eigenvalue weighted by Crippen LogP contribution is -2.35. The zero-order valence-corrected chi connectivity index (χ0v) is 14.2. The number of esters is 1. The van der Waals surface area contributed by atoms with E-state index in [4.69, 9.17) is 0 Å². The number of imide groups is 1. The number of nitrogens with zero attached hydrogens (tertiary/aromatic N) is 2. The van der Waals surface area contributed by atoms with E-state index in [1.54, 1.807) is 0 Å². The van der Waals surface area contributed by atoms with Crippen molar-refractivity contribution in [1.29, 1.82) is 0 Å². The molecule has 0 saturated heterocycles. The average molecular weight is 399 g/mol. The molecule has 0 saturated carbocycles. The zero-order chi connectivity index (χ0) is 17.9. The lowest BCUT2D eigenvalue weighted by molar-refractivity contribution is 0.0593. The van der Waals surface area contributed by atoms with E-state index >= 15 is 0 Å². The Labute approximate surface area is 144 Å². The van der Waals surface area contributed by atoms with Crippen LogP contribution in [-0.4, -0.2) is 34.8 Å². The van der Waals surface area contributed by atoms with Crippen molar-refractivity contribution in [3.8, 4) is 0 Å². The van der Waals surface area contributed by atoms with Gasteiger partial charge in [0.15, 0.2) is 5.69 Å². The van der Waals surface area contributed by atoms with Gasteiger partial charge in [-0.15, -0.1) is 0 Å². The molecule has 2 N–H and O–H groups in total. The zero-order valence-electron chi connectivity index (χ0n) is 12.6. The Bertz CT molecular complexity index is 821. The number of amides is 3. The molecule has 8 nitrogen and oxygen atoms in total. The number of aromatic nitrogens is 2. The average Bonchev–Trinajstić information content (AvgIpc) is 2.87. The van der Waals surface area contributed by atoms with Crippen molar-refractivity contribution >= 4 is 39.7 Å². The highest BCUT2D eigenvalue weighted by Crippen LogP contribution is 2.15. The van der Waals surface area contributed by atoms with Gasteiger partial charge in [-0.3, -0.25) is 20.1 Å². The van der Waals surface area contributed by atoms with Crippen molar-refractivity contribution in [3.05, 3.63) is 45.8 Å². The number of benzene rings is 1. The van der Waals surface area contributed by atoms with Gasteiger partial charge in [-0.25, -0.2) is 14.0 Å². The summed E-state index contributed by atoms with van der Waals surface area (Å²) in [4.78, 5) is 35.1. The third kappa shape index (κ3) is 3.96.